The first-order chi connectivity index (χ1) is 8.64. The minimum Gasteiger partial charge on any atom is -0.380 e. The standard InChI is InChI=1S/C14H20N2O2/c1-18-10-12-5-2-4-11(8-12)9-16-13(17)14(15)6-3-7-14/h2,4-5,8H,3,6-7,9-10,15H2,1H3,(H,16,17). The van der Waals surface area contributed by atoms with E-state index in [0.717, 1.165) is 30.4 Å². The molecule has 1 aromatic rings. The molecule has 1 aliphatic rings. The average molecular weight is 248 g/mol. The molecule has 0 atom stereocenters. The number of nitrogens with two attached hydrogens (primary N) is 1. The molecule has 0 radical (unpaired) electrons. The van der Waals surface area contributed by atoms with Gasteiger partial charge >= 0.3 is 0 Å². The molecule has 0 bridgehead atoms. The van der Waals surface area contributed by atoms with E-state index in [-0.39, 0.29) is 5.91 Å². The molecule has 18 heavy (non-hydrogen) atoms. The normalized spacial score (nSPS) is 17.0. The monoisotopic (exact) mass is 248 g/mol. The Kier molecular flexibility index (Phi) is 3.99. The van der Waals surface area contributed by atoms with Crippen LogP contribution in [-0.4, -0.2) is 18.6 Å². The van der Waals surface area contributed by atoms with Gasteiger partial charge in [0.25, 0.3) is 0 Å². The topological polar surface area (TPSA) is 64.3 Å². The fourth-order valence-electron chi connectivity index (χ4n) is 2.14. The predicted molar refractivity (Wildman–Crippen MR) is 69.8 cm³/mol. The summed E-state index contributed by atoms with van der Waals surface area (Å²) in [6.45, 7) is 1.11. The number of nitrogens with one attached hydrogen (secondary N) is 1. The molecule has 1 aromatic carbocycles. The van der Waals surface area contributed by atoms with Crippen LogP contribution >= 0.6 is 0 Å². The van der Waals surface area contributed by atoms with Crippen LogP contribution in [0.2, 0.25) is 0 Å². The fraction of sp³-hybridized carbons (Fsp3) is 0.500. The molecule has 1 amide bonds. The highest BCUT2D eigenvalue weighted by atomic mass is 16.5. The second-order valence-electron chi connectivity index (χ2n) is 4.95. The van der Waals surface area contributed by atoms with Gasteiger partial charge in [-0.15, -0.1) is 0 Å². The largest absolute Gasteiger partial charge is 0.380 e. The first kappa shape index (κ1) is 13.1. The minimum absolute atomic E-state index is 0.0362. The van der Waals surface area contributed by atoms with Gasteiger partial charge in [-0.05, 0) is 30.4 Å². The third-order valence-corrected chi connectivity index (χ3v) is 3.45. The summed E-state index contributed by atoms with van der Waals surface area (Å²) in [6.07, 6.45) is 2.64. The van der Waals surface area contributed by atoms with Crippen LogP contribution in [0.25, 0.3) is 0 Å². The van der Waals surface area contributed by atoms with Crippen molar-refractivity contribution in [3.63, 3.8) is 0 Å². The molecular weight excluding hydrogens is 228 g/mol. The van der Waals surface area contributed by atoms with Crippen molar-refractivity contribution in [1.29, 1.82) is 0 Å². The van der Waals surface area contributed by atoms with Gasteiger partial charge in [0.05, 0.1) is 12.1 Å². The molecule has 3 N–H and O–H groups in total. The highest BCUT2D eigenvalue weighted by Gasteiger charge is 2.39. The zero-order chi connectivity index (χ0) is 13.0. The van der Waals surface area contributed by atoms with Crippen LogP contribution in [0.3, 0.4) is 0 Å². The molecule has 1 fully saturated rings. The summed E-state index contributed by atoms with van der Waals surface area (Å²) in [5.74, 6) is -0.0362. The lowest BCUT2D eigenvalue weighted by Gasteiger charge is -2.36. The maximum absolute atomic E-state index is 11.9. The first-order valence-electron chi connectivity index (χ1n) is 6.28. The number of ether oxygens (including phenoxy) is 1. The Bertz CT molecular complexity index is 428. The Morgan fingerprint density at radius 3 is 2.78 bits per heavy atom. The molecule has 0 aliphatic heterocycles. The van der Waals surface area contributed by atoms with Crippen LogP contribution in [0.15, 0.2) is 24.3 Å². The number of carbonyl (C=O) groups is 1. The van der Waals surface area contributed by atoms with Crippen LogP contribution in [0.4, 0.5) is 0 Å². The molecule has 0 aromatic heterocycles. The lowest BCUT2D eigenvalue weighted by molar-refractivity contribution is -0.129. The molecule has 0 unspecified atom stereocenters. The van der Waals surface area contributed by atoms with Crippen LogP contribution in [0.5, 0.6) is 0 Å². The molecule has 1 saturated carbocycles. The highest BCUT2D eigenvalue weighted by molar-refractivity contribution is 5.86. The van der Waals surface area contributed by atoms with Crippen molar-refractivity contribution in [3.8, 4) is 0 Å². The van der Waals surface area contributed by atoms with E-state index in [9.17, 15) is 4.79 Å². The predicted octanol–water partition coefficient (Wildman–Crippen LogP) is 1.33. The molecule has 0 spiro atoms. The van der Waals surface area contributed by atoms with Gasteiger partial charge in [0.1, 0.15) is 0 Å². The maximum atomic E-state index is 11.9. The molecule has 0 saturated heterocycles. The number of carbonyl (C=O) groups excluding carboxylic acids is 1. The van der Waals surface area contributed by atoms with Crippen LogP contribution in [0, 0.1) is 0 Å². The van der Waals surface area contributed by atoms with E-state index in [1.807, 2.05) is 24.3 Å². The molecule has 1 aliphatic carbocycles. The van der Waals surface area contributed by atoms with E-state index in [4.69, 9.17) is 10.5 Å². The summed E-state index contributed by atoms with van der Waals surface area (Å²) in [5.41, 5.74) is 7.51. The Hall–Kier alpha value is -1.39. The van der Waals surface area contributed by atoms with Crippen LogP contribution in [-0.2, 0) is 22.7 Å². The van der Waals surface area contributed by atoms with Crippen molar-refractivity contribution in [2.75, 3.05) is 7.11 Å². The molecule has 0 heterocycles. The highest BCUT2D eigenvalue weighted by Crippen LogP contribution is 2.29. The van der Waals surface area contributed by atoms with Gasteiger partial charge < -0.3 is 15.8 Å². The molecule has 98 valence electrons. The van der Waals surface area contributed by atoms with Gasteiger partial charge in [-0.1, -0.05) is 24.3 Å². The maximum Gasteiger partial charge on any atom is 0.240 e. The quantitative estimate of drug-likeness (QED) is 0.826. The Morgan fingerprint density at radius 1 is 1.44 bits per heavy atom. The van der Waals surface area contributed by atoms with E-state index in [0.29, 0.717) is 13.2 Å². The van der Waals surface area contributed by atoms with Gasteiger partial charge in [0.15, 0.2) is 0 Å². The summed E-state index contributed by atoms with van der Waals surface area (Å²) in [5, 5.41) is 2.91. The average Bonchev–Trinajstić information content (AvgIpc) is 2.34. The third kappa shape index (κ3) is 2.89. The Balaban J connectivity index is 1.89. The van der Waals surface area contributed by atoms with Crippen molar-refractivity contribution in [1.82, 2.24) is 5.32 Å². The summed E-state index contributed by atoms with van der Waals surface area (Å²) in [4.78, 5) is 11.9. The van der Waals surface area contributed by atoms with E-state index < -0.39 is 5.54 Å². The molecule has 4 nitrogen and oxygen atoms in total. The van der Waals surface area contributed by atoms with Gasteiger partial charge in [0.2, 0.25) is 5.91 Å². The summed E-state index contributed by atoms with van der Waals surface area (Å²) in [7, 11) is 1.67. The van der Waals surface area contributed by atoms with Crippen molar-refractivity contribution in [2.24, 2.45) is 5.73 Å². The van der Waals surface area contributed by atoms with Crippen molar-refractivity contribution >= 4 is 5.91 Å². The lowest BCUT2D eigenvalue weighted by atomic mass is 9.77. The SMILES string of the molecule is COCc1cccc(CNC(=O)C2(N)CCC2)c1. The van der Waals surface area contributed by atoms with Crippen molar-refractivity contribution in [2.45, 2.75) is 38.0 Å². The summed E-state index contributed by atoms with van der Waals surface area (Å²) >= 11 is 0. The number of hydrogen-bond donors (Lipinski definition) is 2. The van der Waals surface area contributed by atoms with Crippen LogP contribution in [0.1, 0.15) is 30.4 Å². The van der Waals surface area contributed by atoms with E-state index in [1.165, 1.54) is 0 Å². The second-order valence-corrected chi connectivity index (χ2v) is 4.95. The zero-order valence-electron chi connectivity index (χ0n) is 10.7. The van der Waals surface area contributed by atoms with Crippen molar-refractivity contribution in [3.05, 3.63) is 35.4 Å². The minimum atomic E-state index is -0.621. The summed E-state index contributed by atoms with van der Waals surface area (Å²) < 4.78 is 5.08. The van der Waals surface area contributed by atoms with Gasteiger partial charge in [-0.3, -0.25) is 4.79 Å². The summed E-state index contributed by atoms with van der Waals surface area (Å²) in [6, 6.07) is 8.00. The smallest absolute Gasteiger partial charge is 0.240 e. The van der Waals surface area contributed by atoms with Crippen molar-refractivity contribution < 1.29 is 9.53 Å². The lowest BCUT2D eigenvalue weighted by Crippen LogP contribution is -2.58. The van der Waals surface area contributed by atoms with Gasteiger partial charge in [0, 0.05) is 13.7 Å². The second kappa shape index (κ2) is 5.50. The number of amides is 1. The first-order valence-corrected chi connectivity index (χ1v) is 6.28. The Morgan fingerprint density at radius 2 is 2.17 bits per heavy atom. The third-order valence-electron chi connectivity index (χ3n) is 3.45. The molecule has 2 rings (SSSR count). The zero-order valence-corrected chi connectivity index (χ0v) is 10.7. The van der Waals surface area contributed by atoms with E-state index in [2.05, 4.69) is 5.32 Å². The van der Waals surface area contributed by atoms with Gasteiger partial charge in [-0.2, -0.15) is 0 Å². The Labute approximate surface area is 108 Å². The van der Waals surface area contributed by atoms with E-state index in [1.54, 1.807) is 7.11 Å². The molecule has 4 heteroatoms. The number of hydrogen-bond acceptors (Lipinski definition) is 3. The van der Waals surface area contributed by atoms with Gasteiger partial charge in [-0.25, -0.2) is 0 Å². The number of methoxy groups -OCH3 is 1. The van der Waals surface area contributed by atoms with Crippen LogP contribution < -0.4 is 11.1 Å². The number of benzene rings is 1. The molecular formula is C14H20N2O2. The fourth-order valence-corrected chi connectivity index (χ4v) is 2.14. The number of rotatable bonds is 5. The van der Waals surface area contributed by atoms with E-state index >= 15 is 0 Å².